The van der Waals surface area contributed by atoms with E-state index in [1.165, 1.54) is 54.4 Å². The molecule has 7 rings (SSSR count). The van der Waals surface area contributed by atoms with Gasteiger partial charge in [-0.05, 0) is 86.5 Å². The number of benzene rings is 1. The first kappa shape index (κ1) is 17.4. The molecule has 0 radical (unpaired) electrons. The molecule has 2 aromatic rings. The van der Waals surface area contributed by atoms with E-state index in [0.29, 0.717) is 23.4 Å². The van der Waals surface area contributed by atoms with Gasteiger partial charge in [0, 0.05) is 23.5 Å². The van der Waals surface area contributed by atoms with E-state index in [4.69, 9.17) is 4.74 Å². The summed E-state index contributed by atoms with van der Waals surface area (Å²) in [7, 11) is 0. The van der Waals surface area contributed by atoms with Crippen molar-refractivity contribution in [3.63, 3.8) is 0 Å². The van der Waals surface area contributed by atoms with Crippen molar-refractivity contribution in [1.82, 2.24) is 10.2 Å². The highest BCUT2D eigenvalue weighted by Crippen LogP contribution is 2.53. The maximum absolute atomic E-state index is 13.1. The fourth-order valence-electron chi connectivity index (χ4n) is 5.98. The molecule has 5 fully saturated rings. The van der Waals surface area contributed by atoms with E-state index in [0.717, 1.165) is 30.9 Å². The molecule has 1 amide bonds. The molecule has 5 heterocycles. The number of hydrogen-bond acceptors (Lipinski definition) is 4. The van der Waals surface area contributed by atoms with Crippen LogP contribution in [0.4, 0.5) is 0 Å². The minimum atomic E-state index is 0.138. The molecular formula is C23H28N2O2S. The van der Waals surface area contributed by atoms with E-state index in [2.05, 4.69) is 34.5 Å². The van der Waals surface area contributed by atoms with Gasteiger partial charge in [0.15, 0.2) is 0 Å². The number of nitrogens with zero attached hydrogens (tertiary/aromatic N) is 1. The van der Waals surface area contributed by atoms with E-state index in [-0.39, 0.29) is 5.91 Å². The lowest BCUT2D eigenvalue weighted by Gasteiger charge is -2.52. The number of ether oxygens (including phenoxy) is 1. The Morgan fingerprint density at radius 1 is 1.11 bits per heavy atom. The highest BCUT2D eigenvalue weighted by molar-refractivity contribution is 7.20. The molecule has 1 atom stereocenters. The molecule has 4 aliphatic heterocycles. The van der Waals surface area contributed by atoms with Crippen LogP contribution in [-0.2, 0) is 4.74 Å². The fraction of sp³-hybridized carbons (Fsp3) is 0.609. The molecule has 1 aromatic carbocycles. The summed E-state index contributed by atoms with van der Waals surface area (Å²) in [5.41, 5.74) is 1.70. The summed E-state index contributed by atoms with van der Waals surface area (Å²) in [6.07, 6.45) is 7.21. The van der Waals surface area contributed by atoms with Gasteiger partial charge in [0.1, 0.15) is 0 Å². The Morgan fingerprint density at radius 3 is 2.64 bits per heavy atom. The number of carbonyl (C=O) groups is 1. The molecule has 5 aliphatic rings. The number of nitrogens with one attached hydrogen (secondary N) is 1. The summed E-state index contributed by atoms with van der Waals surface area (Å²) in [6, 6.07) is 9.20. The van der Waals surface area contributed by atoms with Gasteiger partial charge in [0.25, 0.3) is 5.91 Å². The lowest BCUT2D eigenvalue weighted by Crippen LogP contribution is -2.65. The highest BCUT2D eigenvalue weighted by Gasteiger charge is 2.60. The first-order valence-corrected chi connectivity index (χ1v) is 11.7. The predicted octanol–water partition coefficient (Wildman–Crippen LogP) is 4.15. The summed E-state index contributed by atoms with van der Waals surface area (Å²) in [6.45, 7) is 4.19. The van der Waals surface area contributed by atoms with Gasteiger partial charge >= 0.3 is 0 Å². The minimum Gasteiger partial charge on any atom is -0.381 e. The Hall–Kier alpha value is -1.43. The van der Waals surface area contributed by atoms with E-state index < -0.39 is 0 Å². The van der Waals surface area contributed by atoms with Gasteiger partial charge in [0.05, 0.1) is 10.9 Å². The van der Waals surface area contributed by atoms with Gasteiger partial charge in [-0.1, -0.05) is 12.1 Å². The van der Waals surface area contributed by atoms with Gasteiger partial charge < -0.3 is 10.1 Å². The number of carbonyl (C=O) groups excluding carboxylic acids is 1. The summed E-state index contributed by atoms with van der Waals surface area (Å²) in [5.74, 6) is 1.41. The van der Waals surface area contributed by atoms with Gasteiger partial charge in [-0.2, -0.15) is 0 Å². The molecular weight excluding hydrogens is 368 g/mol. The van der Waals surface area contributed by atoms with Crippen LogP contribution in [0.1, 0.15) is 59.7 Å². The monoisotopic (exact) mass is 396 g/mol. The number of hydrogen-bond donors (Lipinski definition) is 1. The Morgan fingerprint density at radius 2 is 1.89 bits per heavy atom. The van der Waals surface area contributed by atoms with Crippen LogP contribution >= 0.6 is 11.3 Å². The van der Waals surface area contributed by atoms with Gasteiger partial charge in [-0.15, -0.1) is 11.3 Å². The second-order valence-corrected chi connectivity index (χ2v) is 10.3. The second-order valence-electron chi connectivity index (χ2n) is 9.17. The van der Waals surface area contributed by atoms with Crippen molar-refractivity contribution in [2.75, 3.05) is 26.3 Å². The average Bonchev–Trinajstić information content (AvgIpc) is 3.40. The second kappa shape index (κ2) is 6.54. The predicted molar refractivity (Wildman–Crippen MR) is 112 cm³/mol. The number of thiophene rings is 1. The van der Waals surface area contributed by atoms with Crippen molar-refractivity contribution in [3.8, 4) is 0 Å². The van der Waals surface area contributed by atoms with Crippen LogP contribution in [0.15, 0.2) is 24.3 Å². The van der Waals surface area contributed by atoms with E-state index in [1.807, 2.05) is 0 Å². The van der Waals surface area contributed by atoms with Crippen LogP contribution in [-0.4, -0.2) is 48.7 Å². The Labute approximate surface area is 170 Å². The van der Waals surface area contributed by atoms with Gasteiger partial charge in [-0.3, -0.25) is 9.69 Å². The third-order valence-corrected chi connectivity index (χ3v) is 8.83. The third-order valence-electron chi connectivity index (χ3n) is 7.73. The van der Waals surface area contributed by atoms with Crippen molar-refractivity contribution >= 4 is 27.3 Å². The highest BCUT2D eigenvalue weighted by atomic mass is 32.1. The maximum atomic E-state index is 13.1. The summed E-state index contributed by atoms with van der Waals surface area (Å²) in [4.78, 5) is 16.6. The number of fused-ring (bicyclic) bond motifs is 3. The molecule has 28 heavy (non-hydrogen) atoms. The third kappa shape index (κ3) is 2.74. The molecule has 1 spiro atoms. The molecule has 1 saturated carbocycles. The van der Waals surface area contributed by atoms with Crippen LogP contribution in [0.3, 0.4) is 0 Å². The van der Waals surface area contributed by atoms with E-state index in [9.17, 15) is 4.79 Å². The molecule has 1 unspecified atom stereocenters. The molecule has 2 bridgehead atoms. The summed E-state index contributed by atoms with van der Waals surface area (Å²) in [5, 5.41) is 4.67. The molecule has 1 N–H and O–H groups in total. The number of rotatable bonds is 3. The van der Waals surface area contributed by atoms with E-state index >= 15 is 0 Å². The molecule has 1 aliphatic carbocycles. The van der Waals surface area contributed by atoms with Crippen LogP contribution in [0.2, 0.25) is 0 Å². The first-order valence-electron chi connectivity index (χ1n) is 10.9. The van der Waals surface area contributed by atoms with Crippen LogP contribution < -0.4 is 5.32 Å². The normalized spacial score (nSPS) is 31.4. The number of piperidine rings is 3. The van der Waals surface area contributed by atoms with Crippen LogP contribution in [0.5, 0.6) is 0 Å². The van der Waals surface area contributed by atoms with Crippen LogP contribution in [0, 0.1) is 5.92 Å². The van der Waals surface area contributed by atoms with Gasteiger partial charge in [-0.25, -0.2) is 0 Å². The topological polar surface area (TPSA) is 41.6 Å². The first-order chi connectivity index (χ1) is 13.7. The molecule has 4 nitrogen and oxygen atoms in total. The maximum Gasteiger partial charge on any atom is 0.261 e. The van der Waals surface area contributed by atoms with Crippen molar-refractivity contribution in [2.45, 2.75) is 56.0 Å². The summed E-state index contributed by atoms with van der Waals surface area (Å²) < 4.78 is 6.75. The Bertz CT molecular complexity index is 904. The molecule has 148 valence electrons. The average molecular weight is 397 g/mol. The van der Waals surface area contributed by atoms with Gasteiger partial charge in [0.2, 0.25) is 0 Å². The smallest absolute Gasteiger partial charge is 0.261 e. The standard InChI is InChI=1S/C23H28N2O2S/c26-22(24-21-16-3-9-25(10-4-16)23(21)7-8-23)20-14-18-2-1-17(13-19(18)28-20)15-5-11-27-12-6-15/h1-2,13-16,21H,3-12H2,(H,24,26). The van der Waals surface area contributed by atoms with E-state index in [1.54, 1.807) is 11.3 Å². The SMILES string of the molecule is O=C(NC1C2CCN(CC2)C12CC2)c1cc2ccc(C3CCOCC3)cc2s1. The lowest BCUT2D eigenvalue weighted by atomic mass is 9.77. The van der Waals surface area contributed by atoms with Crippen molar-refractivity contribution in [3.05, 3.63) is 34.7 Å². The quantitative estimate of drug-likeness (QED) is 0.847. The molecule has 1 aromatic heterocycles. The van der Waals surface area contributed by atoms with Crippen molar-refractivity contribution < 1.29 is 9.53 Å². The largest absolute Gasteiger partial charge is 0.381 e. The Kier molecular flexibility index (Phi) is 4.07. The number of amides is 1. The lowest BCUT2D eigenvalue weighted by molar-refractivity contribution is -0.00138. The zero-order valence-corrected chi connectivity index (χ0v) is 17.1. The summed E-state index contributed by atoms with van der Waals surface area (Å²) >= 11 is 1.66. The molecule has 4 saturated heterocycles. The molecule has 5 heteroatoms. The van der Waals surface area contributed by atoms with Crippen molar-refractivity contribution in [1.29, 1.82) is 0 Å². The van der Waals surface area contributed by atoms with Crippen LogP contribution in [0.25, 0.3) is 10.1 Å². The van der Waals surface area contributed by atoms with Crippen molar-refractivity contribution in [2.24, 2.45) is 5.92 Å². The Balaban J connectivity index is 1.23. The minimum absolute atomic E-state index is 0.138. The zero-order valence-electron chi connectivity index (χ0n) is 16.3. The zero-order chi connectivity index (χ0) is 18.7. The fourth-order valence-corrected chi connectivity index (χ4v) is 6.99.